The lowest BCUT2D eigenvalue weighted by atomic mass is 10.1. The highest BCUT2D eigenvalue weighted by Gasteiger charge is 2.32. The molecule has 0 radical (unpaired) electrons. The largest absolute Gasteiger partial charge is 0.489 e. The third-order valence-corrected chi connectivity index (χ3v) is 4.74. The normalized spacial score (nSPS) is 24.7. The van der Waals surface area contributed by atoms with E-state index in [4.69, 9.17) is 19.2 Å². The molecule has 3 rings (SSSR count). The van der Waals surface area contributed by atoms with Gasteiger partial charge in [0, 0.05) is 32.3 Å². The molecule has 0 amide bonds. The maximum absolute atomic E-state index is 13.3. The Bertz CT molecular complexity index is 622. The molecule has 2 aliphatic rings. The Morgan fingerprint density at radius 2 is 2.22 bits per heavy atom. The molecule has 1 N–H and O–H groups in total. The quantitative estimate of drug-likeness (QED) is 0.608. The zero-order chi connectivity index (χ0) is 19.1. The molecule has 2 saturated heterocycles. The highest BCUT2D eigenvalue weighted by molar-refractivity contribution is 5.80. The molecule has 1 aromatic rings. The molecule has 0 spiro atoms. The van der Waals surface area contributed by atoms with Gasteiger partial charge in [-0.25, -0.2) is 9.38 Å². The fourth-order valence-electron chi connectivity index (χ4n) is 3.44. The van der Waals surface area contributed by atoms with Crippen molar-refractivity contribution in [1.82, 2.24) is 10.2 Å². The van der Waals surface area contributed by atoms with Gasteiger partial charge in [0.25, 0.3) is 0 Å². The van der Waals surface area contributed by atoms with Gasteiger partial charge in [0.15, 0.2) is 5.96 Å². The van der Waals surface area contributed by atoms with Crippen LogP contribution in [0.25, 0.3) is 0 Å². The van der Waals surface area contributed by atoms with E-state index in [0.29, 0.717) is 18.9 Å². The first-order valence-electron chi connectivity index (χ1n) is 9.84. The highest BCUT2D eigenvalue weighted by Crippen LogP contribution is 2.21. The lowest BCUT2D eigenvalue weighted by Gasteiger charge is -2.37. The third kappa shape index (κ3) is 5.81. The predicted molar refractivity (Wildman–Crippen MR) is 103 cm³/mol. The molecule has 1 aromatic carbocycles. The second kappa shape index (κ2) is 9.90. The molecule has 6 nitrogen and oxygen atoms in total. The molecule has 2 heterocycles. The smallest absolute Gasteiger partial charge is 0.194 e. The van der Waals surface area contributed by atoms with E-state index in [1.54, 1.807) is 12.1 Å². The molecule has 2 aliphatic heterocycles. The van der Waals surface area contributed by atoms with Crippen molar-refractivity contribution >= 4 is 5.96 Å². The van der Waals surface area contributed by atoms with Crippen molar-refractivity contribution in [3.05, 3.63) is 30.1 Å². The number of halogens is 1. The van der Waals surface area contributed by atoms with Crippen molar-refractivity contribution in [3.8, 4) is 5.75 Å². The number of hydrogen-bond donors (Lipinski definition) is 1. The number of rotatable bonds is 6. The monoisotopic (exact) mass is 379 g/mol. The number of guanidine groups is 1. The zero-order valence-electron chi connectivity index (χ0n) is 16.2. The summed E-state index contributed by atoms with van der Waals surface area (Å²) in [6.45, 7) is 8.34. The summed E-state index contributed by atoms with van der Waals surface area (Å²) in [6.07, 6.45) is 2.28. The van der Waals surface area contributed by atoms with Crippen LogP contribution in [0.4, 0.5) is 4.39 Å². The molecule has 150 valence electrons. The number of nitrogens with one attached hydrogen (secondary N) is 1. The van der Waals surface area contributed by atoms with Gasteiger partial charge in [-0.1, -0.05) is 6.07 Å². The Hall–Kier alpha value is -1.86. The summed E-state index contributed by atoms with van der Waals surface area (Å²) in [4.78, 5) is 6.96. The van der Waals surface area contributed by atoms with E-state index in [-0.39, 0.29) is 24.1 Å². The Morgan fingerprint density at radius 1 is 1.37 bits per heavy atom. The van der Waals surface area contributed by atoms with Gasteiger partial charge < -0.3 is 24.4 Å². The molecule has 27 heavy (non-hydrogen) atoms. The van der Waals surface area contributed by atoms with Crippen LogP contribution in [0.1, 0.15) is 26.7 Å². The second-order valence-corrected chi connectivity index (χ2v) is 6.99. The van der Waals surface area contributed by atoms with Crippen LogP contribution in [0.3, 0.4) is 0 Å². The van der Waals surface area contributed by atoms with Crippen molar-refractivity contribution in [2.45, 2.75) is 45.0 Å². The summed E-state index contributed by atoms with van der Waals surface area (Å²) >= 11 is 0. The van der Waals surface area contributed by atoms with Gasteiger partial charge in [0.2, 0.25) is 0 Å². The van der Waals surface area contributed by atoms with Gasteiger partial charge in [-0.2, -0.15) is 0 Å². The van der Waals surface area contributed by atoms with E-state index in [2.05, 4.69) is 17.1 Å². The van der Waals surface area contributed by atoms with Gasteiger partial charge in [-0.15, -0.1) is 0 Å². The summed E-state index contributed by atoms with van der Waals surface area (Å²) in [5.74, 6) is 1.08. The first-order valence-corrected chi connectivity index (χ1v) is 9.84. The minimum atomic E-state index is -0.301. The average molecular weight is 379 g/mol. The van der Waals surface area contributed by atoms with E-state index in [1.807, 2.05) is 6.92 Å². The van der Waals surface area contributed by atoms with E-state index in [9.17, 15) is 4.39 Å². The molecule has 3 unspecified atom stereocenters. The summed E-state index contributed by atoms with van der Waals surface area (Å²) < 4.78 is 30.8. The van der Waals surface area contributed by atoms with Gasteiger partial charge >= 0.3 is 0 Å². The lowest BCUT2D eigenvalue weighted by Crippen LogP contribution is -2.53. The Kier molecular flexibility index (Phi) is 7.29. The van der Waals surface area contributed by atoms with Crippen LogP contribution in [-0.4, -0.2) is 68.6 Å². The fourth-order valence-corrected chi connectivity index (χ4v) is 3.44. The summed E-state index contributed by atoms with van der Waals surface area (Å²) in [6, 6.07) is 6.19. The Labute approximate surface area is 160 Å². The number of ether oxygens (including phenoxy) is 3. The number of nitrogens with zero attached hydrogens (tertiary/aromatic N) is 2. The number of morpholine rings is 1. The van der Waals surface area contributed by atoms with Crippen LogP contribution in [0.2, 0.25) is 0 Å². The van der Waals surface area contributed by atoms with Crippen LogP contribution in [0, 0.1) is 5.82 Å². The van der Waals surface area contributed by atoms with Crippen molar-refractivity contribution in [2.75, 3.05) is 39.4 Å². The molecular weight excluding hydrogens is 349 g/mol. The zero-order valence-corrected chi connectivity index (χ0v) is 16.2. The van der Waals surface area contributed by atoms with E-state index in [0.717, 1.165) is 45.0 Å². The molecular formula is C20H30FN3O3. The Balaban J connectivity index is 1.58. The topological polar surface area (TPSA) is 55.3 Å². The third-order valence-electron chi connectivity index (χ3n) is 4.74. The first-order chi connectivity index (χ1) is 13.2. The van der Waals surface area contributed by atoms with Crippen molar-refractivity contribution < 1.29 is 18.6 Å². The SMILES string of the molecule is CCNC(=NCC(C)Oc1cccc(F)c1)N1CCOC(C2CCCO2)C1. The average Bonchev–Trinajstić information content (AvgIpc) is 3.20. The molecule has 3 atom stereocenters. The second-order valence-electron chi connectivity index (χ2n) is 6.99. The fraction of sp³-hybridized carbons (Fsp3) is 0.650. The molecule has 0 aromatic heterocycles. The number of aliphatic imine (C=N–C) groups is 1. The van der Waals surface area contributed by atoms with E-state index < -0.39 is 0 Å². The molecule has 7 heteroatoms. The van der Waals surface area contributed by atoms with Crippen LogP contribution >= 0.6 is 0 Å². The summed E-state index contributed by atoms with van der Waals surface area (Å²) in [5, 5.41) is 3.36. The first kappa shape index (κ1) is 19.9. The van der Waals surface area contributed by atoms with Gasteiger partial charge in [-0.3, -0.25) is 0 Å². The Morgan fingerprint density at radius 3 is 2.96 bits per heavy atom. The van der Waals surface area contributed by atoms with Gasteiger partial charge in [0.05, 0.1) is 19.3 Å². The minimum Gasteiger partial charge on any atom is -0.489 e. The highest BCUT2D eigenvalue weighted by atomic mass is 19.1. The summed E-state index contributed by atoms with van der Waals surface area (Å²) in [5.41, 5.74) is 0. The minimum absolute atomic E-state index is 0.0890. The van der Waals surface area contributed by atoms with Crippen LogP contribution in [-0.2, 0) is 9.47 Å². The molecule has 2 fully saturated rings. The van der Waals surface area contributed by atoms with Crippen molar-refractivity contribution in [3.63, 3.8) is 0 Å². The van der Waals surface area contributed by atoms with Crippen LogP contribution < -0.4 is 10.1 Å². The maximum Gasteiger partial charge on any atom is 0.194 e. The van der Waals surface area contributed by atoms with Crippen molar-refractivity contribution in [2.24, 2.45) is 4.99 Å². The molecule has 0 saturated carbocycles. The van der Waals surface area contributed by atoms with Crippen LogP contribution in [0.5, 0.6) is 5.75 Å². The van der Waals surface area contributed by atoms with E-state index >= 15 is 0 Å². The molecule has 0 bridgehead atoms. The van der Waals surface area contributed by atoms with Crippen LogP contribution in [0.15, 0.2) is 29.3 Å². The van der Waals surface area contributed by atoms with Gasteiger partial charge in [0.1, 0.15) is 23.8 Å². The molecule has 0 aliphatic carbocycles. The standard InChI is InChI=1S/C20H30FN3O3/c1-3-22-20(23-13-15(2)27-17-7-4-6-16(21)12-17)24-9-11-26-19(14-24)18-8-5-10-25-18/h4,6-7,12,15,18-19H,3,5,8-11,13-14H2,1-2H3,(H,22,23). The van der Waals surface area contributed by atoms with E-state index in [1.165, 1.54) is 12.1 Å². The summed E-state index contributed by atoms with van der Waals surface area (Å²) in [7, 11) is 0. The predicted octanol–water partition coefficient (Wildman–Crippen LogP) is 2.44. The van der Waals surface area contributed by atoms with Crippen molar-refractivity contribution in [1.29, 1.82) is 0 Å². The number of hydrogen-bond acceptors (Lipinski definition) is 4. The maximum atomic E-state index is 13.3. The van der Waals surface area contributed by atoms with Gasteiger partial charge in [-0.05, 0) is 38.8 Å². The lowest BCUT2D eigenvalue weighted by molar-refractivity contribution is -0.0817. The number of benzene rings is 1.